The van der Waals surface area contributed by atoms with Crippen LogP contribution in [-0.4, -0.2) is 4.98 Å². The topological polar surface area (TPSA) is 50.9 Å². The van der Waals surface area contributed by atoms with Gasteiger partial charge in [-0.3, -0.25) is 11.3 Å². The smallest absolute Gasteiger partial charge is 0.0958 e. The highest BCUT2D eigenvalue weighted by Crippen LogP contribution is 2.28. The summed E-state index contributed by atoms with van der Waals surface area (Å²) in [5.74, 6) is 5.72. The van der Waals surface area contributed by atoms with Gasteiger partial charge in [-0.2, -0.15) is 0 Å². The molecule has 0 radical (unpaired) electrons. The number of hydrazine groups is 1. The first-order valence-corrected chi connectivity index (χ1v) is 8.70. The number of para-hydroxylation sites is 1. The average Bonchev–Trinajstić information content (AvgIpc) is 2.90. The lowest BCUT2D eigenvalue weighted by Crippen LogP contribution is -2.29. The monoisotopic (exact) mass is 429 g/mol. The number of thiazole rings is 1. The van der Waals surface area contributed by atoms with Crippen LogP contribution in [0.2, 0.25) is 5.02 Å². The van der Waals surface area contributed by atoms with Crippen LogP contribution >= 0.6 is 45.5 Å². The number of hydrogen-bond acceptors (Lipinski definition) is 4. The fraction of sp³-hybridized carbons (Fsp3) is 0.133. The predicted octanol–water partition coefficient (Wildman–Crippen LogP) is 4.30. The number of nitrogens with one attached hydrogen (secondary N) is 1. The summed E-state index contributed by atoms with van der Waals surface area (Å²) in [5.41, 5.74) is 4.97. The number of aromatic nitrogens is 1. The molecule has 108 valence electrons. The van der Waals surface area contributed by atoms with E-state index in [1.165, 1.54) is 4.70 Å². The molecule has 0 saturated carbocycles. The number of benzene rings is 2. The summed E-state index contributed by atoms with van der Waals surface area (Å²) in [6, 6.07) is 14.2. The molecule has 2 aromatic carbocycles. The zero-order chi connectivity index (χ0) is 14.8. The van der Waals surface area contributed by atoms with Gasteiger partial charge in [-0.15, -0.1) is 11.3 Å². The molecular formula is C15H13ClIN3S. The van der Waals surface area contributed by atoms with Gasteiger partial charge in [0.15, 0.2) is 0 Å². The summed E-state index contributed by atoms with van der Waals surface area (Å²) in [6.07, 6.45) is 0.743. The van der Waals surface area contributed by atoms with Gasteiger partial charge in [0.2, 0.25) is 0 Å². The van der Waals surface area contributed by atoms with Crippen molar-refractivity contribution in [3.05, 3.63) is 61.6 Å². The normalized spacial score (nSPS) is 12.7. The molecule has 6 heteroatoms. The van der Waals surface area contributed by atoms with Gasteiger partial charge in [0.05, 0.1) is 26.3 Å². The van der Waals surface area contributed by atoms with E-state index in [2.05, 4.69) is 39.1 Å². The van der Waals surface area contributed by atoms with E-state index in [9.17, 15) is 0 Å². The van der Waals surface area contributed by atoms with Crippen LogP contribution in [0.4, 0.5) is 0 Å². The van der Waals surface area contributed by atoms with Gasteiger partial charge < -0.3 is 0 Å². The van der Waals surface area contributed by atoms with Crippen LogP contribution in [0.25, 0.3) is 10.2 Å². The molecule has 0 aliphatic carbocycles. The molecule has 1 unspecified atom stereocenters. The van der Waals surface area contributed by atoms with E-state index in [4.69, 9.17) is 17.4 Å². The Morgan fingerprint density at radius 1 is 1.29 bits per heavy atom. The van der Waals surface area contributed by atoms with Crippen LogP contribution in [0.15, 0.2) is 42.5 Å². The van der Waals surface area contributed by atoms with Crippen LogP contribution in [-0.2, 0) is 6.42 Å². The zero-order valence-electron chi connectivity index (χ0n) is 11.0. The van der Waals surface area contributed by atoms with Crippen molar-refractivity contribution in [2.75, 3.05) is 0 Å². The molecular weight excluding hydrogens is 417 g/mol. The average molecular weight is 430 g/mol. The third-order valence-electron chi connectivity index (χ3n) is 3.26. The highest BCUT2D eigenvalue weighted by atomic mass is 127. The molecule has 0 spiro atoms. The number of fused-ring (bicyclic) bond motifs is 1. The van der Waals surface area contributed by atoms with Crippen LogP contribution in [0.3, 0.4) is 0 Å². The van der Waals surface area contributed by atoms with E-state index >= 15 is 0 Å². The van der Waals surface area contributed by atoms with Gasteiger partial charge in [0.1, 0.15) is 0 Å². The molecule has 21 heavy (non-hydrogen) atoms. The quantitative estimate of drug-likeness (QED) is 0.369. The van der Waals surface area contributed by atoms with Crippen molar-refractivity contribution in [3.63, 3.8) is 0 Å². The molecule has 3 N–H and O–H groups in total. The number of hydrogen-bond donors (Lipinski definition) is 2. The Labute approximate surface area is 145 Å². The van der Waals surface area contributed by atoms with Crippen molar-refractivity contribution in [1.82, 2.24) is 10.4 Å². The summed E-state index contributed by atoms with van der Waals surface area (Å²) < 4.78 is 2.23. The molecule has 3 nitrogen and oxygen atoms in total. The molecule has 0 saturated heterocycles. The summed E-state index contributed by atoms with van der Waals surface area (Å²) >= 11 is 10.1. The van der Waals surface area contributed by atoms with Crippen LogP contribution in [0.1, 0.15) is 16.6 Å². The van der Waals surface area contributed by atoms with E-state index in [-0.39, 0.29) is 6.04 Å². The first-order valence-electron chi connectivity index (χ1n) is 6.43. The van der Waals surface area contributed by atoms with Crippen molar-refractivity contribution >= 4 is 55.7 Å². The Hall–Kier alpha value is -0.730. The maximum Gasteiger partial charge on any atom is 0.0958 e. The zero-order valence-corrected chi connectivity index (χ0v) is 14.7. The lowest BCUT2D eigenvalue weighted by Gasteiger charge is -2.15. The highest BCUT2D eigenvalue weighted by molar-refractivity contribution is 14.1. The van der Waals surface area contributed by atoms with E-state index < -0.39 is 0 Å². The second-order valence-corrected chi connectivity index (χ2v) is 7.36. The van der Waals surface area contributed by atoms with Gasteiger partial charge >= 0.3 is 0 Å². The summed E-state index contributed by atoms with van der Waals surface area (Å²) in [7, 11) is 0. The summed E-state index contributed by atoms with van der Waals surface area (Å²) in [4.78, 5) is 4.65. The molecule has 3 aromatic rings. The third-order valence-corrected chi connectivity index (χ3v) is 5.90. The van der Waals surface area contributed by atoms with Crippen molar-refractivity contribution in [1.29, 1.82) is 0 Å². The molecule has 0 aliphatic rings. The Balaban J connectivity index is 1.88. The molecule has 0 fully saturated rings. The number of nitrogens with zero attached hydrogens (tertiary/aromatic N) is 1. The first-order chi connectivity index (χ1) is 10.2. The molecule has 3 rings (SSSR count). The maximum atomic E-state index is 6.19. The molecule has 1 atom stereocenters. The first kappa shape index (κ1) is 15.2. The largest absolute Gasteiger partial charge is 0.271 e. The fourth-order valence-corrected chi connectivity index (χ4v) is 3.72. The third kappa shape index (κ3) is 3.37. The fourth-order valence-electron chi connectivity index (χ4n) is 2.18. The van der Waals surface area contributed by atoms with E-state index in [1.54, 1.807) is 11.3 Å². The predicted molar refractivity (Wildman–Crippen MR) is 97.6 cm³/mol. The Bertz CT molecular complexity index is 741. The minimum atomic E-state index is 0.0000576. The maximum absolute atomic E-state index is 6.19. The lowest BCUT2D eigenvalue weighted by molar-refractivity contribution is 0.551. The molecule has 1 heterocycles. The second kappa shape index (κ2) is 6.58. The number of rotatable bonds is 4. The van der Waals surface area contributed by atoms with Crippen molar-refractivity contribution in [2.45, 2.75) is 12.5 Å². The van der Waals surface area contributed by atoms with E-state index in [0.29, 0.717) is 0 Å². The number of halogens is 2. The summed E-state index contributed by atoms with van der Waals surface area (Å²) in [6.45, 7) is 0. The van der Waals surface area contributed by atoms with Gasteiger partial charge in [0, 0.05) is 9.99 Å². The standard InChI is InChI=1S/C15H13ClIN3S/c16-10-7-9(5-6-11(10)17)13(20-18)8-15-19-12-3-1-2-4-14(12)21-15/h1-7,13,20H,8,18H2. The van der Waals surface area contributed by atoms with Crippen LogP contribution in [0.5, 0.6) is 0 Å². The van der Waals surface area contributed by atoms with Gasteiger partial charge in [-0.1, -0.05) is 29.8 Å². The van der Waals surface area contributed by atoms with Crippen molar-refractivity contribution in [3.8, 4) is 0 Å². The van der Waals surface area contributed by atoms with Crippen LogP contribution in [0, 0.1) is 3.57 Å². The van der Waals surface area contributed by atoms with E-state index in [1.807, 2.05) is 36.4 Å². The van der Waals surface area contributed by atoms with Gasteiger partial charge in [-0.25, -0.2) is 4.98 Å². The highest BCUT2D eigenvalue weighted by Gasteiger charge is 2.14. The SMILES string of the molecule is NNC(Cc1nc2ccccc2s1)c1ccc(I)c(Cl)c1. The van der Waals surface area contributed by atoms with Gasteiger partial charge in [-0.05, 0) is 52.4 Å². The summed E-state index contributed by atoms with van der Waals surface area (Å²) in [5, 5.41) is 1.81. The molecule has 0 aliphatic heterocycles. The molecule has 0 bridgehead atoms. The minimum absolute atomic E-state index is 0.0000576. The van der Waals surface area contributed by atoms with Crippen LogP contribution < -0.4 is 11.3 Å². The Morgan fingerprint density at radius 2 is 2.10 bits per heavy atom. The minimum Gasteiger partial charge on any atom is -0.271 e. The molecule has 1 aromatic heterocycles. The Kier molecular flexibility index (Phi) is 4.75. The second-order valence-electron chi connectivity index (χ2n) is 4.67. The van der Waals surface area contributed by atoms with Crippen molar-refractivity contribution in [2.24, 2.45) is 5.84 Å². The van der Waals surface area contributed by atoms with Gasteiger partial charge in [0.25, 0.3) is 0 Å². The van der Waals surface area contributed by atoms with Crippen molar-refractivity contribution < 1.29 is 0 Å². The lowest BCUT2D eigenvalue weighted by atomic mass is 10.1. The van der Waals surface area contributed by atoms with E-state index in [0.717, 1.165) is 31.1 Å². The molecule has 0 amide bonds. The Morgan fingerprint density at radius 3 is 2.81 bits per heavy atom. The number of nitrogens with two attached hydrogens (primary N) is 1.